The molecule has 0 saturated heterocycles. The van der Waals surface area contributed by atoms with Gasteiger partial charge in [0.05, 0.1) is 16.4 Å². The van der Waals surface area contributed by atoms with Crippen molar-refractivity contribution in [2.45, 2.75) is 76.4 Å². The number of benzene rings is 1. The van der Waals surface area contributed by atoms with Crippen LogP contribution in [0.25, 0.3) is 11.0 Å². The van der Waals surface area contributed by atoms with E-state index in [1.807, 2.05) is 4.57 Å². The number of fused-ring (bicyclic) bond motifs is 1. The van der Waals surface area contributed by atoms with Gasteiger partial charge in [0.1, 0.15) is 11.3 Å². The number of hydrogen-bond donors (Lipinski definition) is 2. The monoisotopic (exact) mass is 615 g/mol. The maximum Gasteiger partial charge on any atom is 0.418 e. The third-order valence-corrected chi connectivity index (χ3v) is 7.61. The van der Waals surface area contributed by atoms with Crippen molar-refractivity contribution in [3.63, 3.8) is 0 Å². The number of halogens is 3. The Morgan fingerprint density at radius 3 is 2.53 bits per heavy atom. The summed E-state index contributed by atoms with van der Waals surface area (Å²) in [6, 6.07) is 5.38. The Labute approximate surface area is 254 Å². The van der Waals surface area contributed by atoms with Gasteiger partial charge in [-0.05, 0) is 62.2 Å². The normalized spacial score (nSPS) is 13.6. The van der Waals surface area contributed by atoms with Gasteiger partial charge in [-0.15, -0.1) is 0 Å². The average Bonchev–Trinajstić information content (AvgIpc) is 3.62. The molecule has 2 N–H and O–H groups in total. The number of anilines is 3. The minimum atomic E-state index is -4.70. The lowest BCUT2D eigenvalue weighted by atomic mass is 10.1. The SMILES string of the molecule is CN(C)C(=O)c1cc2cnc(Nc3ccc(NC(=O)CCCCCCCN=C=S)cc3C(F)(F)F)nc2n1C1CCCC1. The zero-order valence-corrected chi connectivity index (χ0v) is 25.2. The number of alkyl halides is 3. The third-order valence-electron chi connectivity index (χ3n) is 7.48. The smallest absolute Gasteiger partial charge is 0.343 e. The molecule has 2 heterocycles. The lowest BCUT2D eigenvalue weighted by molar-refractivity contribution is -0.137. The highest BCUT2D eigenvalue weighted by atomic mass is 32.1. The molecule has 0 aliphatic heterocycles. The van der Waals surface area contributed by atoms with E-state index < -0.39 is 11.7 Å². The van der Waals surface area contributed by atoms with Crippen LogP contribution in [-0.4, -0.2) is 57.1 Å². The summed E-state index contributed by atoms with van der Waals surface area (Å²) in [5.41, 5.74) is -0.171. The van der Waals surface area contributed by atoms with Crippen molar-refractivity contribution >= 4 is 57.6 Å². The number of nitrogens with one attached hydrogen (secondary N) is 2. The number of carbonyl (C=O) groups is 2. The molecule has 1 saturated carbocycles. The first-order valence-electron chi connectivity index (χ1n) is 14.5. The van der Waals surface area contributed by atoms with Crippen LogP contribution in [0.2, 0.25) is 0 Å². The molecule has 2 amide bonds. The molecule has 43 heavy (non-hydrogen) atoms. The molecule has 230 valence electrons. The van der Waals surface area contributed by atoms with Crippen LogP contribution in [0.15, 0.2) is 35.5 Å². The summed E-state index contributed by atoms with van der Waals surface area (Å²) >= 11 is 4.53. The fourth-order valence-corrected chi connectivity index (χ4v) is 5.45. The van der Waals surface area contributed by atoms with Gasteiger partial charge in [-0.25, -0.2) is 9.98 Å². The van der Waals surface area contributed by atoms with E-state index in [0.717, 1.165) is 57.4 Å². The van der Waals surface area contributed by atoms with Crippen molar-refractivity contribution in [2.75, 3.05) is 31.3 Å². The molecule has 0 bridgehead atoms. The molecule has 1 fully saturated rings. The van der Waals surface area contributed by atoms with E-state index in [2.05, 4.69) is 43.0 Å². The Kier molecular flexibility index (Phi) is 10.9. The minimum absolute atomic E-state index is 0.0231. The number of hydrogen-bond acceptors (Lipinski definition) is 7. The summed E-state index contributed by atoms with van der Waals surface area (Å²) < 4.78 is 44.2. The fraction of sp³-hybridized carbons (Fsp3) is 0.500. The van der Waals surface area contributed by atoms with E-state index in [0.29, 0.717) is 29.7 Å². The number of aliphatic imine (C=N–C) groups is 1. The van der Waals surface area contributed by atoms with Crippen molar-refractivity contribution in [3.8, 4) is 0 Å². The van der Waals surface area contributed by atoms with Gasteiger partial charge in [-0.1, -0.05) is 32.1 Å². The topological polar surface area (TPSA) is 105 Å². The second kappa shape index (κ2) is 14.6. The number of rotatable bonds is 13. The molecule has 1 aliphatic rings. The predicted molar refractivity (Wildman–Crippen MR) is 164 cm³/mol. The Balaban J connectivity index is 1.49. The van der Waals surface area contributed by atoms with Crippen LogP contribution >= 0.6 is 12.2 Å². The zero-order valence-electron chi connectivity index (χ0n) is 24.3. The molecule has 0 unspecified atom stereocenters. The average molecular weight is 616 g/mol. The molecule has 3 aromatic rings. The molecule has 1 aromatic carbocycles. The molecular formula is C30H36F3N7O2S. The second-order valence-electron chi connectivity index (χ2n) is 10.9. The minimum Gasteiger partial charge on any atom is -0.343 e. The van der Waals surface area contributed by atoms with Crippen LogP contribution in [0.3, 0.4) is 0 Å². The van der Waals surface area contributed by atoms with Crippen LogP contribution in [0.4, 0.5) is 30.5 Å². The van der Waals surface area contributed by atoms with Crippen molar-refractivity contribution in [1.29, 1.82) is 0 Å². The van der Waals surface area contributed by atoms with Crippen LogP contribution < -0.4 is 10.6 Å². The number of unbranched alkanes of at least 4 members (excludes halogenated alkanes) is 4. The Morgan fingerprint density at radius 2 is 1.84 bits per heavy atom. The summed E-state index contributed by atoms with van der Waals surface area (Å²) in [5.74, 6) is -0.543. The standard InChI is InChI=1S/C30H36F3N7O2S/c1-39(2)28(42)25-16-20-18-35-29(38-27(20)40(25)22-10-7-8-11-22)37-24-14-13-21(17-23(24)30(31,32)33)36-26(41)12-6-4-3-5-9-15-34-19-43/h13-14,16-18,22H,3-12,15H2,1-2H3,(H,36,41)(H,35,37,38). The van der Waals surface area contributed by atoms with Crippen molar-refractivity contribution in [2.24, 2.45) is 4.99 Å². The summed E-state index contributed by atoms with van der Waals surface area (Å²) in [4.78, 5) is 39.5. The van der Waals surface area contributed by atoms with Gasteiger partial charge in [0.2, 0.25) is 11.9 Å². The van der Waals surface area contributed by atoms with Crippen LogP contribution in [0.1, 0.15) is 86.3 Å². The molecule has 9 nitrogen and oxygen atoms in total. The maximum atomic E-state index is 14.1. The maximum absolute atomic E-state index is 14.1. The van der Waals surface area contributed by atoms with Crippen LogP contribution in [0, 0.1) is 0 Å². The van der Waals surface area contributed by atoms with E-state index in [9.17, 15) is 22.8 Å². The van der Waals surface area contributed by atoms with E-state index in [1.165, 1.54) is 23.2 Å². The van der Waals surface area contributed by atoms with Crippen molar-refractivity contribution in [3.05, 3.63) is 41.7 Å². The Morgan fingerprint density at radius 1 is 1.12 bits per heavy atom. The number of carbonyl (C=O) groups excluding carboxylic acids is 2. The quantitative estimate of drug-likeness (QED) is 0.118. The molecule has 0 radical (unpaired) electrons. The van der Waals surface area contributed by atoms with Gasteiger partial charge in [-0.2, -0.15) is 18.2 Å². The number of aromatic nitrogens is 3. The first-order valence-corrected chi connectivity index (χ1v) is 14.9. The summed E-state index contributed by atoms with van der Waals surface area (Å²) in [6.07, 6.45) is 5.13. The Bertz CT molecular complexity index is 1490. The highest BCUT2D eigenvalue weighted by molar-refractivity contribution is 7.78. The first kappa shape index (κ1) is 32.1. The van der Waals surface area contributed by atoms with Gasteiger partial charge < -0.3 is 20.1 Å². The van der Waals surface area contributed by atoms with E-state index in [-0.39, 0.29) is 41.6 Å². The van der Waals surface area contributed by atoms with Gasteiger partial charge in [-0.3, -0.25) is 9.59 Å². The van der Waals surface area contributed by atoms with Gasteiger partial charge in [0.15, 0.2) is 0 Å². The Hall–Kier alpha value is -3.83. The second-order valence-corrected chi connectivity index (χ2v) is 11.1. The molecule has 1 aliphatic carbocycles. The number of nitrogens with zero attached hydrogens (tertiary/aromatic N) is 5. The van der Waals surface area contributed by atoms with Crippen molar-refractivity contribution < 1.29 is 22.8 Å². The molecule has 4 rings (SSSR count). The van der Waals surface area contributed by atoms with Gasteiger partial charge in [0, 0.05) is 50.4 Å². The largest absolute Gasteiger partial charge is 0.418 e. The number of amides is 2. The van der Waals surface area contributed by atoms with E-state index in [4.69, 9.17) is 0 Å². The predicted octanol–water partition coefficient (Wildman–Crippen LogP) is 7.39. The van der Waals surface area contributed by atoms with Crippen LogP contribution in [-0.2, 0) is 11.0 Å². The van der Waals surface area contributed by atoms with E-state index in [1.54, 1.807) is 20.2 Å². The fourth-order valence-electron chi connectivity index (χ4n) is 5.36. The first-order chi connectivity index (χ1) is 20.6. The summed E-state index contributed by atoms with van der Waals surface area (Å²) in [7, 11) is 3.34. The lowest BCUT2D eigenvalue weighted by Crippen LogP contribution is -2.25. The molecule has 2 aromatic heterocycles. The molecular weight excluding hydrogens is 579 g/mol. The van der Waals surface area contributed by atoms with Crippen molar-refractivity contribution in [1.82, 2.24) is 19.4 Å². The lowest BCUT2D eigenvalue weighted by Gasteiger charge is -2.19. The zero-order chi connectivity index (χ0) is 31.0. The number of isothiocyanates is 1. The highest BCUT2D eigenvalue weighted by Crippen LogP contribution is 2.38. The molecule has 13 heteroatoms. The van der Waals surface area contributed by atoms with E-state index >= 15 is 0 Å². The van der Waals surface area contributed by atoms with Gasteiger partial charge >= 0.3 is 6.18 Å². The molecule has 0 spiro atoms. The van der Waals surface area contributed by atoms with Crippen LogP contribution in [0.5, 0.6) is 0 Å². The molecule has 0 atom stereocenters. The van der Waals surface area contributed by atoms with Gasteiger partial charge in [0.25, 0.3) is 5.91 Å². The number of thiocarbonyl (C=S) groups is 1. The summed E-state index contributed by atoms with van der Waals surface area (Å²) in [6.45, 7) is 0.643. The summed E-state index contributed by atoms with van der Waals surface area (Å²) in [5, 5.41) is 8.25. The highest BCUT2D eigenvalue weighted by Gasteiger charge is 2.34. The third kappa shape index (κ3) is 8.39.